The smallest absolute Gasteiger partial charge is 0.260 e. The van der Waals surface area contributed by atoms with Gasteiger partial charge in [-0.05, 0) is 18.2 Å². The lowest BCUT2D eigenvalue weighted by atomic mass is 10.0. The van der Waals surface area contributed by atoms with Crippen LogP contribution in [0, 0.1) is 0 Å². The Morgan fingerprint density at radius 1 is 1.18 bits per heavy atom. The van der Waals surface area contributed by atoms with Crippen molar-refractivity contribution in [1.82, 2.24) is 24.8 Å². The molecule has 1 aliphatic rings. The number of nitrogens with one attached hydrogen (secondary N) is 2. The first-order valence-electron chi connectivity index (χ1n) is 12.1. The first kappa shape index (κ1) is 27.4. The standard InChI is InChI=1S/C26H31ClN6O5/c1-5-22(34)32-14-17(15-32)28-6-8-33-24-16(13-30-26(31-24)29-7-9-36-2)10-20(25(33)35)19-11-18(37-3)12-21(38-4)23(19)27/h5,10-13,17,28H,1,6-9,14-15H2,2-4H3,(H,29,30,31). The number of hydrogen-bond acceptors (Lipinski definition) is 9. The monoisotopic (exact) mass is 542 g/mol. The number of benzene rings is 1. The Morgan fingerprint density at radius 3 is 2.66 bits per heavy atom. The Hall–Kier alpha value is -3.67. The van der Waals surface area contributed by atoms with Crippen molar-refractivity contribution in [2.75, 3.05) is 59.4 Å². The molecule has 1 saturated heterocycles. The van der Waals surface area contributed by atoms with E-state index in [-0.39, 0.29) is 17.5 Å². The molecule has 3 heterocycles. The maximum atomic E-state index is 13.9. The molecule has 202 valence electrons. The third kappa shape index (κ3) is 5.74. The number of nitrogens with zero attached hydrogens (tertiary/aromatic N) is 4. The topological polar surface area (TPSA) is 120 Å². The second-order valence-corrected chi connectivity index (χ2v) is 9.07. The van der Waals surface area contributed by atoms with Gasteiger partial charge in [0.25, 0.3) is 5.56 Å². The van der Waals surface area contributed by atoms with E-state index in [1.807, 2.05) is 0 Å². The van der Waals surface area contributed by atoms with Crippen LogP contribution in [0.15, 0.2) is 41.8 Å². The summed E-state index contributed by atoms with van der Waals surface area (Å²) in [5, 5.41) is 7.48. The second-order valence-electron chi connectivity index (χ2n) is 8.70. The number of rotatable bonds is 12. The molecular formula is C26H31ClN6O5. The van der Waals surface area contributed by atoms with Crippen LogP contribution in [0.1, 0.15) is 0 Å². The fourth-order valence-corrected chi connectivity index (χ4v) is 4.53. The molecule has 0 saturated carbocycles. The van der Waals surface area contributed by atoms with Gasteiger partial charge in [-0.25, -0.2) is 4.98 Å². The molecule has 2 aromatic heterocycles. The maximum Gasteiger partial charge on any atom is 0.260 e. The van der Waals surface area contributed by atoms with Crippen LogP contribution in [0.4, 0.5) is 5.95 Å². The van der Waals surface area contributed by atoms with E-state index < -0.39 is 0 Å². The SMILES string of the molecule is C=CC(=O)N1CC(NCCn2c(=O)c(-c3cc(OC)cc(OC)c3Cl)cc3cnc(NCCOC)nc32)C1. The van der Waals surface area contributed by atoms with Crippen molar-refractivity contribution < 1.29 is 19.0 Å². The third-order valence-electron chi connectivity index (χ3n) is 6.31. The molecule has 0 radical (unpaired) electrons. The number of likely N-dealkylation sites (tertiary alicyclic amines) is 1. The summed E-state index contributed by atoms with van der Waals surface area (Å²) in [6.45, 7) is 6.54. The molecule has 1 amide bonds. The normalized spacial score (nSPS) is 13.3. The number of methoxy groups -OCH3 is 3. The van der Waals surface area contributed by atoms with Gasteiger partial charge in [-0.3, -0.25) is 14.2 Å². The molecular weight excluding hydrogens is 512 g/mol. The minimum atomic E-state index is -0.268. The van der Waals surface area contributed by atoms with Gasteiger partial charge in [0.2, 0.25) is 11.9 Å². The van der Waals surface area contributed by atoms with Crippen molar-refractivity contribution in [3.8, 4) is 22.6 Å². The number of amides is 1. The van der Waals surface area contributed by atoms with E-state index in [0.29, 0.717) is 84.0 Å². The lowest BCUT2D eigenvalue weighted by molar-refractivity contribution is -0.130. The minimum absolute atomic E-state index is 0.0891. The first-order valence-corrected chi connectivity index (χ1v) is 12.5. The van der Waals surface area contributed by atoms with Crippen LogP contribution in [0.3, 0.4) is 0 Å². The lowest BCUT2D eigenvalue weighted by Gasteiger charge is -2.39. The molecule has 11 nitrogen and oxygen atoms in total. The van der Waals surface area contributed by atoms with Gasteiger partial charge in [0, 0.05) is 74.7 Å². The van der Waals surface area contributed by atoms with Crippen LogP contribution >= 0.6 is 11.6 Å². The second kappa shape index (κ2) is 12.2. The average molecular weight is 543 g/mol. The predicted octanol–water partition coefficient (Wildman–Crippen LogP) is 2.17. The summed E-state index contributed by atoms with van der Waals surface area (Å²) in [6, 6.07) is 5.24. The Bertz CT molecular complexity index is 1390. The molecule has 12 heteroatoms. The number of aromatic nitrogens is 3. The van der Waals surface area contributed by atoms with Crippen molar-refractivity contribution in [1.29, 1.82) is 0 Å². The van der Waals surface area contributed by atoms with E-state index in [0.717, 1.165) is 0 Å². The van der Waals surface area contributed by atoms with Crippen molar-refractivity contribution in [2.24, 2.45) is 0 Å². The molecule has 0 unspecified atom stereocenters. The van der Waals surface area contributed by atoms with Crippen molar-refractivity contribution in [2.45, 2.75) is 12.6 Å². The van der Waals surface area contributed by atoms with Gasteiger partial charge >= 0.3 is 0 Å². The van der Waals surface area contributed by atoms with Crippen LogP contribution in [-0.2, 0) is 16.1 Å². The van der Waals surface area contributed by atoms with Crippen molar-refractivity contribution >= 4 is 34.5 Å². The highest BCUT2D eigenvalue weighted by Gasteiger charge is 2.28. The van der Waals surface area contributed by atoms with Gasteiger partial charge in [0.15, 0.2) is 0 Å². The summed E-state index contributed by atoms with van der Waals surface area (Å²) < 4.78 is 17.5. The summed E-state index contributed by atoms with van der Waals surface area (Å²) >= 11 is 6.63. The fraction of sp³-hybridized carbons (Fsp3) is 0.385. The zero-order valence-corrected chi connectivity index (χ0v) is 22.4. The molecule has 1 aliphatic heterocycles. The zero-order chi connectivity index (χ0) is 27.2. The number of ether oxygens (including phenoxy) is 3. The molecule has 1 aromatic carbocycles. The van der Waals surface area contributed by atoms with E-state index in [1.54, 1.807) is 41.0 Å². The molecule has 3 aromatic rings. The van der Waals surface area contributed by atoms with Gasteiger partial charge in [-0.15, -0.1) is 0 Å². The van der Waals surface area contributed by atoms with Crippen LogP contribution in [-0.4, -0.2) is 85.5 Å². The summed E-state index contributed by atoms with van der Waals surface area (Å²) in [4.78, 5) is 36.3. The first-order chi connectivity index (χ1) is 18.4. The van der Waals surface area contributed by atoms with Gasteiger partial charge < -0.3 is 29.7 Å². The van der Waals surface area contributed by atoms with Gasteiger partial charge in [-0.1, -0.05) is 18.2 Å². The van der Waals surface area contributed by atoms with Crippen LogP contribution in [0.5, 0.6) is 11.5 Å². The molecule has 4 rings (SSSR count). The quantitative estimate of drug-likeness (QED) is 0.262. The van der Waals surface area contributed by atoms with Crippen molar-refractivity contribution in [3.63, 3.8) is 0 Å². The number of carbonyl (C=O) groups is 1. The maximum absolute atomic E-state index is 13.9. The van der Waals surface area contributed by atoms with E-state index >= 15 is 0 Å². The largest absolute Gasteiger partial charge is 0.497 e. The molecule has 0 bridgehead atoms. The Morgan fingerprint density at radius 2 is 1.97 bits per heavy atom. The molecule has 0 spiro atoms. The van der Waals surface area contributed by atoms with E-state index in [9.17, 15) is 9.59 Å². The number of carbonyl (C=O) groups excluding carboxylic acids is 1. The Balaban J connectivity index is 1.70. The Kier molecular flexibility index (Phi) is 8.82. The van der Waals surface area contributed by atoms with Crippen LogP contribution in [0.25, 0.3) is 22.2 Å². The summed E-state index contributed by atoms with van der Waals surface area (Å²) in [5.41, 5.74) is 1.07. The minimum Gasteiger partial charge on any atom is -0.497 e. The lowest BCUT2D eigenvalue weighted by Crippen LogP contribution is -2.59. The molecule has 38 heavy (non-hydrogen) atoms. The molecule has 1 fully saturated rings. The highest BCUT2D eigenvalue weighted by atomic mass is 35.5. The number of pyridine rings is 1. The number of anilines is 1. The van der Waals surface area contributed by atoms with Crippen LogP contribution in [0.2, 0.25) is 5.02 Å². The van der Waals surface area contributed by atoms with Gasteiger partial charge in [0.05, 0.1) is 25.8 Å². The van der Waals surface area contributed by atoms with Gasteiger partial charge in [-0.2, -0.15) is 4.98 Å². The van der Waals surface area contributed by atoms with E-state index in [1.165, 1.54) is 20.3 Å². The third-order valence-corrected chi connectivity index (χ3v) is 6.70. The number of halogens is 1. The van der Waals surface area contributed by atoms with Gasteiger partial charge in [0.1, 0.15) is 17.1 Å². The van der Waals surface area contributed by atoms with E-state index in [4.69, 9.17) is 25.8 Å². The molecule has 0 atom stereocenters. The molecule has 2 N–H and O–H groups in total. The van der Waals surface area contributed by atoms with Crippen LogP contribution < -0.4 is 25.7 Å². The highest BCUT2D eigenvalue weighted by molar-refractivity contribution is 6.35. The Labute approximate surface area is 225 Å². The van der Waals surface area contributed by atoms with E-state index in [2.05, 4.69) is 27.2 Å². The average Bonchev–Trinajstić information content (AvgIpc) is 2.90. The molecule has 0 aliphatic carbocycles. The summed E-state index contributed by atoms with van der Waals surface area (Å²) in [5.74, 6) is 1.20. The zero-order valence-electron chi connectivity index (χ0n) is 21.6. The predicted molar refractivity (Wildman–Crippen MR) is 146 cm³/mol. The summed E-state index contributed by atoms with van der Waals surface area (Å²) in [7, 11) is 4.65. The number of hydrogen-bond donors (Lipinski definition) is 2. The number of fused-ring (bicyclic) bond motifs is 1. The summed E-state index contributed by atoms with van der Waals surface area (Å²) in [6.07, 6.45) is 2.98. The highest BCUT2D eigenvalue weighted by Crippen LogP contribution is 2.38. The fourth-order valence-electron chi connectivity index (χ4n) is 4.24. The van der Waals surface area contributed by atoms with Crippen molar-refractivity contribution in [3.05, 3.63) is 52.4 Å².